The highest BCUT2D eigenvalue weighted by Gasteiger charge is 1.97. The molecule has 0 unspecified atom stereocenters. The SMILES string of the molecule is O=C(N=S)On1ccnc1. The molecule has 10 heavy (non-hydrogen) atoms. The fourth-order valence-corrected chi connectivity index (χ4v) is 0.441. The van der Waals surface area contributed by atoms with E-state index in [-0.39, 0.29) is 0 Å². The van der Waals surface area contributed by atoms with Crippen LogP contribution in [0, 0.1) is 0 Å². The fraction of sp³-hybridized carbons (Fsp3) is 0. The molecule has 1 aromatic heterocycles. The minimum atomic E-state index is -0.826. The Hall–Kier alpha value is -1.30. The third-order valence-electron chi connectivity index (χ3n) is 0.738. The Kier molecular flexibility index (Phi) is 2.06. The lowest BCUT2D eigenvalue weighted by Crippen LogP contribution is -2.13. The van der Waals surface area contributed by atoms with Gasteiger partial charge in [-0.2, -0.15) is 4.73 Å². The minimum absolute atomic E-state index is 0.826. The van der Waals surface area contributed by atoms with Crippen LogP contribution >= 0.6 is 0 Å². The highest BCUT2D eigenvalue weighted by atomic mass is 32.1. The summed E-state index contributed by atoms with van der Waals surface area (Å²) in [5, 5.41) is 0. The summed E-state index contributed by atoms with van der Waals surface area (Å²) in [4.78, 5) is 18.4. The smallest absolute Gasteiger partial charge is 0.314 e. The zero-order chi connectivity index (χ0) is 7.40. The van der Waals surface area contributed by atoms with E-state index in [9.17, 15) is 4.79 Å². The second kappa shape index (κ2) is 3.02. The van der Waals surface area contributed by atoms with Gasteiger partial charge in [-0.3, -0.25) is 0 Å². The topological polar surface area (TPSA) is 56.5 Å². The number of carbonyl (C=O) groups excluding carboxylic acids is 1. The first-order chi connectivity index (χ1) is 4.83. The molecule has 0 aromatic carbocycles. The Morgan fingerprint density at radius 1 is 1.80 bits per heavy atom. The molecule has 52 valence electrons. The lowest BCUT2D eigenvalue weighted by atomic mass is 11.0. The molecule has 0 aliphatic rings. The number of rotatable bonds is 1. The summed E-state index contributed by atoms with van der Waals surface area (Å²) in [6, 6.07) is 0. The monoisotopic (exact) mass is 157 g/mol. The fourth-order valence-electron chi connectivity index (χ4n) is 0.408. The first-order valence-corrected chi connectivity index (χ1v) is 2.73. The lowest BCUT2D eigenvalue weighted by molar-refractivity contribution is 0.144. The van der Waals surface area contributed by atoms with Gasteiger partial charge in [0.1, 0.15) is 6.33 Å². The lowest BCUT2D eigenvalue weighted by Gasteiger charge is -1.95. The van der Waals surface area contributed by atoms with Crippen molar-refractivity contribution in [1.29, 1.82) is 0 Å². The van der Waals surface area contributed by atoms with Gasteiger partial charge in [-0.05, 0) is 0 Å². The molecular formula is C4H3N3O2S. The maximum atomic E-state index is 10.3. The maximum Gasteiger partial charge on any atom is 0.469 e. The molecule has 0 atom stereocenters. The van der Waals surface area contributed by atoms with Gasteiger partial charge in [0.25, 0.3) is 0 Å². The van der Waals surface area contributed by atoms with E-state index < -0.39 is 6.09 Å². The number of aromatic nitrogens is 2. The van der Waals surface area contributed by atoms with E-state index in [1.165, 1.54) is 18.7 Å². The molecule has 0 aliphatic heterocycles. The van der Waals surface area contributed by atoms with Crippen molar-refractivity contribution in [1.82, 2.24) is 9.71 Å². The molecule has 0 bridgehead atoms. The molecule has 1 amide bonds. The maximum absolute atomic E-state index is 10.3. The second-order valence-corrected chi connectivity index (χ2v) is 1.55. The quantitative estimate of drug-likeness (QED) is 0.582. The van der Waals surface area contributed by atoms with Gasteiger partial charge in [0.05, 0.1) is 6.20 Å². The van der Waals surface area contributed by atoms with Gasteiger partial charge in [0.2, 0.25) is 0 Å². The van der Waals surface area contributed by atoms with Crippen molar-refractivity contribution in [3.63, 3.8) is 0 Å². The third-order valence-corrected chi connectivity index (χ3v) is 0.887. The molecule has 5 nitrogen and oxygen atoms in total. The zero-order valence-corrected chi connectivity index (χ0v) is 5.61. The Labute approximate surface area is 61.8 Å². The van der Waals surface area contributed by atoms with Crippen LogP contribution in [0.1, 0.15) is 0 Å². The van der Waals surface area contributed by atoms with Crippen LogP contribution in [0.15, 0.2) is 23.1 Å². The van der Waals surface area contributed by atoms with Gasteiger partial charge in [0.15, 0.2) is 0 Å². The molecule has 0 fully saturated rings. The van der Waals surface area contributed by atoms with Crippen molar-refractivity contribution >= 4 is 18.5 Å². The van der Waals surface area contributed by atoms with Crippen molar-refractivity contribution in [3.05, 3.63) is 18.7 Å². The zero-order valence-electron chi connectivity index (χ0n) is 4.80. The molecule has 1 rings (SSSR count). The van der Waals surface area contributed by atoms with Crippen LogP contribution in [0.3, 0.4) is 0 Å². The van der Waals surface area contributed by atoms with Crippen molar-refractivity contribution in [2.24, 2.45) is 4.36 Å². The average Bonchev–Trinajstić information content (AvgIpc) is 2.40. The number of hydrogen-bond donors (Lipinski definition) is 0. The van der Waals surface area contributed by atoms with E-state index in [1.807, 2.05) is 0 Å². The summed E-state index contributed by atoms with van der Waals surface area (Å²) in [7, 11) is 0. The number of nitrogens with zero attached hydrogens (tertiary/aromatic N) is 3. The predicted octanol–water partition coefficient (Wildman–Crippen LogP) is 0.162. The summed E-state index contributed by atoms with van der Waals surface area (Å²) in [5.74, 6) is 0. The van der Waals surface area contributed by atoms with E-state index >= 15 is 0 Å². The molecule has 0 saturated carbocycles. The summed E-state index contributed by atoms with van der Waals surface area (Å²) < 4.78 is 3.95. The first kappa shape index (κ1) is 6.81. The minimum Gasteiger partial charge on any atom is -0.314 e. The van der Waals surface area contributed by atoms with Crippen molar-refractivity contribution in [2.45, 2.75) is 0 Å². The van der Waals surface area contributed by atoms with Gasteiger partial charge in [-0.25, -0.2) is 9.78 Å². The Bertz CT molecular complexity index is 233. The van der Waals surface area contributed by atoms with Crippen LogP contribution in [-0.2, 0) is 12.4 Å². The number of hydrogen-bond acceptors (Lipinski definition) is 4. The molecule has 0 spiro atoms. The molecule has 6 heteroatoms. The standard InChI is InChI=1S/C4H3N3O2S/c8-4(6-10)9-7-2-1-5-3-7/h1-3H. The molecule has 0 saturated heterocycles. The summed E-state index contributed by atoms with van der Waals surface area (Å²) >= 11 is 4.06. The predicted molar refractivity (Wildman–Crippen MR) is 34.0 cm³/mol. The van der Waals surface area contributed by atoms with Crippen LogP contribution in [0.5, 0.6) is 0 Å². The summed E-state index contributed by atoms with van der Waals surface area (Å²) in [5.41, 5.74) is 0. The number of imidazole rings is 1. The van der Waals surface area contributed by atoms with Crippen LogP contribution < -0.4 is 4.84 Å². The highest BCUT2D eigenvalue weighted by Crippen LogP contribution is 1.82. The summed E-state index contributed by atoms with van der Waals surface area (Å²) in [6.07, 6.45) is 3.42. The van der Waals surface area contributed by atoms with Crippen molar-refractivity contribution < 1.29 is 9.63 Å². The van der Waals surface area contributed by atoms with E-state index in [4.69, 9.17) is 0 Å². The van der Waals surface area contributed by atoms with Gasteiger partial charge < -0.3 is 4.84 Å². The van der Waals surface area contributed by atoms with Gasteiger partial charge in [-0.15, -0.1) is 4.36 Å². The molecule has 1 heterocycles. The van der Waals surface area contributed by atoms with Gasteiger partial charge in [0, 0.05) is 18.6 Å². The summed E-state index contributed by atoms with van der Waals surface area (Å²) in [6.45, 7) is 0. The number of carbonyl (C=O) groups is 1. The average molecular weight is 157 g/mol. The van der Waals surface area contributed by atoms with Gasteiger partial charge >= 0.3 is 6.09 Å². The highest BCUT2D eigenvalue weighted by molar-refractivity contribution is 7.47. The van der Waals surface area contributed by atoms with Crippen LogP contribution in [0.25, 0.3) is 0 Å². The van der Waals surface area contributed by atoms with E-state index in [1.54, 1.807) is 0 Å². The normalized spacial score (nSPS) is 8.80. The van der Waals surface area contributed by atoms with E-state index in [0.717, 1.165) is 4.73 Å². The Morgan fingerprint density at radius 3 is 3.10 bits per heavy atom. The van der Waals surface area contributed by atoms with Crippen molar-refractivity contribution in [2.75, 3.05) is 0 Å². The van der Waals surface area contributed by atoms with Crippen LogP contribution in [0.2, 0.25) is 0 Å². The Morgan fingerprint density at radius 2 is 2.60 bits per heavy atom. The largest absolute Gasteiger partial charge is 0.469 e. The molecule has 0 aliphatic carbocycles. The van der Waals surface area contributed by atoms with Crippen molar-refractivity contribution in [3.8, 4) is 0 Å². The second-order valence-electron chi connectivity index (χ2n) is 1.37. The molecule has 0 radical (unpaired) electrons. The van der Waals surface area contributed by atoms with Gasteiger partial charge in [-0.1, -0.05) is 0 Å². The Balaban J connectivity index is 2.56. The van der Waals surface area contributed by atoms with E-state index in [0.29, 0.717) is 0 Å². The molecular weight excluding hydrogens is 154 g/mol. The van der Waals surface area contributed by atoms with Crippen LogP contribution in [-0.4, -0.2) is 15.8 Å². The molecule has 0 N–H and O–H groups in total. The van der Waals surface area contributed by atoms with Crippen LogP contribution in [0.4, 0.5) is 4.79 Å². The molecule has 1 aromatic rings. The number of amides is 1. The first-order valence-electron chi connectivity index (χ1n) is 2.36. The van der Waals surface area contributed by atoms with E-state index in [2.05, 4.69) is 26.6 Å². The third kappa shape index (κ3) is 1.59.